The summed E-state index contributed by atoms with van der Waals surface area (Å²) in [7, 11) is 0. The van der Waals surface area contributed by atoms with E-state index < -0.39 is 17.7 Å². The average Bonchev–Trinajstić information content (AvgIpc) is 2.37. The Kier molecular flexibility index (Phi) is 4.09. The number of benzene rings is 1. The molecule has 0 saturated carbocycles. The highest BCUT2D eigenvalue weighted by Gasteiger charge is 2.37. The van der Waals surface area contributed by atoms with Crippen molar-refractivity contribution in [1.29, 1.82) is 0 Å². The van der Waals surface area contributed by atoms with Crippen LogP contribution in [0, 0.1) is 0 Å². The number of nitrogens with zero attached hydrogens (tertiary/aromatic N) is 1. The second kappa shape index (κ2) is 5.63. The van der Waals surface area contributed by atoms with E-state index in [4.69, 9.17) is 9.47 Å². The van der Waals surface area contributed by atoms with Gasteiger partial charge in [-0.05, 0) is 26.3 Å². The van der Waals surface area contributed by atoms with Crippen LogP contribution in [0.3, 0.4) is 0 Å². The Morgan fingerprint density at radius 3 is 2.55 bits per heavy atom. The van der Waals surface area contributed by atoms with Crippen LogP contribution in [0.15, 0.2) is 30.3 Å². The van der Waals surface area contributed by atoms with E-state index in [0.29, 0.717) is 0 Å². The van der Waals surface area contributed by atoms with Crippen LogP contribution in [0.5, 0.6) is 0 Å². The molecule has 5 nitrogen and oxygen atoms in total. The van der Waals surface area contributed by atoms with Gasteiger partial charge in [-0.25, -0.2) is 9.69 Å². The van der Waals surface area contributed by atoms with Crippen LogP contribution in [-0.2, 0) is 14.3 Å². The summed E-state index contributed by atoms with van der Waals surface area (Å²) in [5, 5.41) is 0. The zero-order valence-corrected chi connectivity index (χ0v) is 12.0. The third-order valence-corrected chi connectivity index (χ3v) is 2.86. The molecule has 0 N–H and O–H groups in total. The van der Waals surface area contributed by atoms with Gasteiger partial charge in [-0.15, -0.1) is 0 Å². The van der Waals surface area contributed by atoms with Crippen LogP contribution in [-0.4, -0.2) is 35.7 Å². The Morgan fingerprint density at radius 1 is 1.30 bits per heavy atom. The van der Waals surface area contributed by atoms with Crippen molar-refractivity contribution >= 4 is 12.0 Å². The van der Waals surface area contributed by atoms with E-state index in [1.165, 1.54) is 0 Å². The number of amides is 2. The van der Waals surface area contributed by atoms with Gasteiger partial charge in [-0.1, -0.05) is 30.3 Å². The second-order valence-corrected chi connectivity index (χ2v) is 5.69. The summed E-state index contributed by atoms with van der Waals surface area (Å²) in [6.07, 6.45) is -0.625. The van der Waals surface area contributed by atoms with Gasteiger partial charge in [0.25, 0.3) is 5.91 Å². The maximum Gasteiger partial charge on any atom is 0.417 e. The Labute approximate surface area is 118 Å². The van der Waals surface area contributed by atoms with E-state index in [2.05, 4.69) is 0 Å². The number of hydrogen-bond acceptors (Lipinski definition) is 4. The Hall–Kier alpha value is -1.88. The molecule has 1 aromatic carbocycles. The number of carbonyl (C=O) groups excluding carboxylic acids is 2. The van der Waals surface area contributed by atoms with Crippen molar-refractivity contribution in [3.05, 3.63) is 35.9 Å². The van der Waals surface area contributed by atoms with E-state index in [9.17, 15) is 9.59 Å². The van der Waals surface area contributed by atoms with Crippen LogP contribution in [0.25, 0.3) is 0 Å². The fraction of sp³-hybridized carbons (Fsp3) is 0.467. The average molecular weight is 277 g/mol. The molecule has 0 aliphatic carbocycles. The van der Waals surface area contributed by atoms with Crippen molar-refractivity contribution in [2.75, 3.05) is 13.2 Å². The van der Waals surface area contributed by atoms with Crippen LogP contribution < -0.4 is 0 Å². The predicted molar refractivity (Wildman–Crippen MR) is 73.1 cm³/mol. The third kappa shape index (κ3) is 3.36. The van der Waals surface area contributed by atoms with Gasteiger partial charge in [0.15, 0.2) is 0 Å². The van der Waals surface area contributed by atoms with Crippen LogP contribution in [0.4, 0.5) is 4.79 Å². The topological polar surface area (TPSA) is 55.8 Å². The van der Waals surface area contributed by atoms with Crippen LogP contribution in [0.1, 0.15) is 32.4 Å². The van der Waals surface area contributed by atoms with Crippen molar-refractivity contribution in [1.82, 2.24) is 4.90 Å². The van der Waals surface area contributed by atoms with E-state index in [-0.39, 0.29) is 19.1 Å². The molecular formula is C15H19NO4. The first-order valence-electron chi connectivity index (χ1n) is 6.56. The lowest BCUT2D eigenvalue weighted by Gasteiger charge is -2.35. The van der Waals surface area contributed by atoms with Crippen molar-refractivity contribution in [3.63, 3.8) is 0 Å². The minimum Gasteiger partial charge on any atom is -0.443 e. The maximum absolute atomic E-state index is 12.2. The summed E-state index contributed by atoms with van der Waals surface area (Å²) in [6.45, 7) is 5.51. The molecular weight excluding hydrogens is 258 g/mol. The molecule has 0 spiro atoms. The van der Waals surface area contributed by atoms with E-state index in [1.807, 2.05) is 30.3 Å². The highest BCUT2D eigenvalue weighted by atomic mass is 16.6. The molecule has 1 aromatic rings. The minimum absolute atomic E-state index is 0.0947. The summed E-state index contributed by atoms with van der Waals surface area (Å²) in [5.41, 5.74) is 0.211. The number of ether oxygens (including phenoxy) is 2. The van der Waals surface area contributed by atoms with Crippen molar-refractivity contribution in [2.24, 2.45) is 0 Å². The van der Waals surface area contributed by atoms with E-state index in [0.717, 1.165) is 10.5 Å². The molecule has 20 heavy (non-hydrogen) atoms. The third-order valence-electron chi connectivity index (χ3n) is 2.86. The summed E-state index contributed by atoms with van der Waals surface area (Å²) in [5.74, 6) is -0.376. The van der Waals surface area contributed by atoms with E-state index >= 15 is 0 Å². The highest BCUT2D eigenvalue weighted by molar-refractivity contribution is 5.93. The van der Waals surface area contributed by atoms with Gasteiger partial charge in [0.1, 0.15) is 12.2 Å². The standard InChI is InChI=1S/C15H19NO4/c1-15(2,3)20-14(18)16-12(9-19-10-13(16)17)11-7-5-4-6-8-11/h4-8,12H,9-10H2,1-3H3/t12-/m1/s1. The van der Waals surface area contributed by atoms with Crippen molar-refractivity contribution < 1.29 is 19.1 Å². The number of hydrogen-bond donors (Lipinski definition) is 0. The molecule has 5 heteroatoms. The van der Waals surface area contributed by atoms with Gasteiger partial charge >= 0.3 is 6.09 Å². The molecule has 1 saturated heterocycles. The number of morpholine rings is 1. The smallest absolute Gasteiger partial charge is 0.417 e. The molecule has 0 radical (unpaired) electrons. The Morgan fingerprint density at radius 2 is 1.95 bits per heavy atom. The lowest BCUT2D eigenvalue weighted by Crippen LogP contribution is -2.49. The van der Waals surface area contributed by atoms with Gasteiger partial charge < -0.3 is 9.47 Å². The molecule has 0 bridgehead atoms. The molecule has 2 rings (SSSR count). The monoisotopic (exact) mass is 277 g/mol. The van der Waals surface area contributed by atoms with Gasteiger partial charge in [-0.2, -0.15) is 0 Å². The molecule has 0 unspecified atom stereocenters. The Balaban J connectivity index is 2.25. The first-order chi connectivity index (χ1) is 9.38. The molecule has 1 aliphatic rings. The predicted octanol–water partition coefficient (Wildman–Crippen LogP) is 2.52. The zero-order chi connectivity index (χ0) is 14.8. The molecule has 1 aliphatic heterocycles. The van der Waals surface area contributed by atoms with Crippen molar-refractivity contribution in [2.45, 2.75) is 32.4 Å². The summed E-state index contributed by atoms with van der Waals surface area (Å²) in [4.78, 5) is 25.4. The summed E-state index contributed by atoms with van der Waals surface area (Å²) < 4.78 is 10.6. The SMILES string of the molecule is CC(C)(C)OC(=O)N1C(=O)COC[C@@H]1c1ccccc1. The fourth-order valence-electron chi connectivity index (χ4n) is 2.04. The van der Waals surface area contributed by atoms with Gasteiger partial charge in [-0.3, -0.25) is 4.79 Å². The highest BCUT2D eigenvalue weighted by Crippen LogP contribution is 2.26. The van der Waals surface area contributed by atoms with E-state index in [1.54, 1.807) is 20.8 Å². The number of carbonyl (C=O) groups is 2. The largest absolute Gasteiger partial charge is 0.443 e. The van der Waals surface area contributed by atoms with Crippen LogP contribution >= 0.6 is 0 Å². The zero-order valence-electron chi connectivity index (χ0n) is 12.0. The molecule has 0 aromatic heterocycles. The fourth-order valence-corrected chi connectivity index (χ4v) is 2.04. The normalized spacial score (nSPS) is 19.9. The maximum atomic E-state index is 12.2. The molecule has 1 atom stereocenters. The van der Waals surface area contributed by atoms with Gasteiger partial charge in [0.2, 0.25) is 0 Å². The quantitative estimate of drug-likeness (QED) is 0.791. The number of rotatable bonds is 1. The summed E-state index contributed by atoms with van der Waals surface area (Å²) >= 11 is 0. The number of imide groups is 1. The molecule has 108 valence electrons. The second-order valence-electron chi connectivity index (χ2n) is 5.69. The Bertz CT molecular complexity index is 492. The lowest BCUT2D eigenvalue weighted by molar-refractivity contribution is -0.146. The van der Waals surface area contributed by atoms with Gasteiger partial charge in [0.05, 0.1) is 12.6 Å². The molecule has 2 amide bonds. The summed E-state index contributed by atoms with van der Waals surface area (Å²) in [6, 6.07) is 8.90. The van der Waals surface area contributed by atoms with Gasteiger partial charge in [0, 0.05) is 0 Å². The first kappa shape index (κ1) is 14.5. The first-order valence-corrected chi connectivity index (χ1v) is 6.56. The molecule has 1 fully saturated rings. The van der Waals surface area contributed by atoms with Crippen LogP contribution in [0.2, 0.25) is 0 Å². The molecule has 1 heterocycles. The van der Waals surface area contributed by atoms with Crippen molar-refractivity contribution in [3.8, 4) is 0 Å². The minimum atomic E-state index is -0.642. The lowest BCUT2D eigenvalue weighted by atomic mass is 10.1.